The molecule has 0 radical (unpaired) electrons. The van der Waals surface area contributed by atoms with Crippen molar-refractivity contribution in [3.8, 4) is 0 Å². The van der Waals surface area contributed by atoms with Gasteiger partial charge in [0.05, 0.1) is 0 Å². The van der Waals surface area contributed by atoms with Crippen LogP contribution < -0.4 is 0 Å². The van der Waals surface area contributed by atoms with Gasteiger partial charge in [-0.3, -0.25) is 0 Å². The van der Waals surface area contributed by atoms with Crippen LogP contribution in [-0.2, 0) is 0 Å². The van der Waals surface area contributed by atoms with Crippen LogP contribution in [0.15, 0.2) is 36.0 Å². The van der Waals surface area contributed by atoms with Gasteiger partial charge < -0.3 is 5.11 Å². The Hall–Kier alpha value is -0.820. The van der Waals surface area contributed by atoms with E-state index in [1.807, 2.05) is 12.2 Å². The van der Waals surface area contributed by atoms with Gasteiger partial charge in [-0.2, -0.15) is 0 Å². The summed E-state index contributed by atoms with van der Waals surface area (Å²) in [7, 11) is 0. The SMILES string of the molecule is CCCCC(C=C1C=CC=C1)CO. The monoisotopic (exact) mass is 178 g/mol. The first-order valence-electron chi connectivity index (χ1n) is 5.04. The molecule has 0 aromatic rings. The number of unbranched alkanes of at least 4 members (excludes halogenated alkanes) is 1. The van der Waals surface area contributed by atoms with Crippen LogP contribution >= 0.6 is 0 Å². The molecule has 1 aliphatic rings. The van der Waals surface area contributed by atoms with E-state index in [-0.39, 0.29) is 6.61 Å². The largest absolute Gasteiger partial charge is 0.396 e. The maximum Gasteiger partial charge on any atom is 0.0494 e. The summed E-state index contributed by atoms with van der Waals surface area (Å²) in [4.78, 5) is 0. The van der Waals surface area contributed by atoms with Gasteiger partial charge in [0.1, 0.15) is 0 Å². The first-order chi connectivity index (χ1) is 6.36. The summed E-state index contributed by atoms with van der Waals surface area (Å²) >= 11 is 0. The summed E-state index contributed by atoms with van der Waals surface area (Å²) in [6.07, 6.45) is 13.9. The minimum atomic E-state index is 0.269. The van der Waals surface area contributed by atoms with Crippen LogP contribution in [0.1, 0.15) is 26.2 Å². The zero-order valence-electron chi connectivity index (χ0n) is 8.24. The van der Waals surface area contributed by atoms with Gasteiger partial charge in [-0.05, 0) is 12.0 Å². The highest BCUT2D eigenvalue weighted by atomic mass is 16.3. The zero-order valence-corrected chi connectivity index (χ0v) is 8.24. The number of hydrogen-bond acceptors (Lipinski definition) is 1. The van der Waals surface area contributed by atoms with Gasteiger partial charge in [0.2, 0.25) is 0 Å². The minimum absolute atomic E-state index is 0.269. The summed E-state index contributed by atoms with van der Waals surface area (Å²) in [6.45, 7) is 2.45. The van der Waals surface area contributed by atoms with E-state index >= 15 is 0 Å². The van der Waals surface area contributed by atoms with Crippen molar-refractivity contribution in [3.63, 3.8) is 0 Å². The summed E-state index contributed by atoms with van der Waals surface area (Å²) in [5, 5.41) is 9.12. The topological polar surface area (TPSA) is 20.2 Å². The summed E-state index contributed by atoms with van der Waals surface area (Å²) < 4.78 is 0. The molecule has 0 saturated carbocycles. The van der Waals surface area contributed by atoms with Crippen LogP contribution in [0, 0.1) is 5.92 Å². The third kappa shape index (κ3) is 3.60. The molecule has 0 fully saturated rings. The second-order valence-electron chi connectivity index (χ2n) is 3.47. The van der Waals surface area contributed by atoms with Gasteiger partial charge in [-0.1, -0.05) is 50.1 Å². The normalized spacial score (nSPS) is 16.6. The van der Waals surface area contributed by atoms with E-state index in [9.17, 15) is 0 Å². The first-order valence-corrected chi connectivity index (χ1v) is 5.04. The molecule has 0 aromatic carbocycles. The predicted octanol–water partition coefficient (Wildman–Crippen LogP) is 2.84. The molecule has 0 saturated heterocycles. The van der Waals surface area contributed by atoms with Crippen LogP contribution in [0.3, 0.4) is 0 Å². The summed E-state index contributed by atoms with van der Waals surface area (Å²) in [5.41, 5.74) is 1.23. The third-order valence-corrected chi connectivity index (χ3v) is 2.28. The molecule has 1 unspecified atom stereocenters. The molecule has 0 aromatic heterocycles. The smallest absolute Gasteiger partial charge is 0.0494 e. The number of rotatable bonds is 5. The molecule has 1 nitrogen and oxygen atoms in total. The number of allylic oxidation sites excluding steroid dienone is 5. The van der Waals surface area contributed by atoms with Crippen molar-refractivity contribution in [2.24, 2.45) is 5.92 Å². The fraction of sp³-hybridized carbons (Fsp3) is 0.500. The molecular formula is C12H18O. The second-order valence-corrected chi connectivity index (χ2v) is 3.47. The molecule has 1 heteroatoms. The Bertz CT molecular complexity index is 209. The molecule has 1 N–H and O–H groups in total. The van der Waals surface area contributed by atoms with Crippen molar-refractivity contribution in [3.05, 3.63) is 36.0 Å². The average Bonchev–Trinajstić information content (AvgIpc) is 2.64. The molecule has 0 spiro atoms. The molecular weight excluding hydrogens is 160 g/mol. The number of aliphatic hydroxyl groups is 1. The van der Waals surface area contributed by atoms with Gasteiger partial charge in [-0.15, -0.1) is 0 Å². The van der Waals surface area contributed by atoms with Crippen molar-refractivity contribution < 1.29 is 5.11 Å². The fourth-order valence-corrected chi connectivity index (χ4v) is 1.47. The van der Waals surface area contributed by atoms with Crippen LogP contribution in [0.5, 0.6) is 0 Å². The molecule has 0 aliphatic heterocycles. The van der Waals surface area contributed by atoms with E-state index in [0.29, 0.717) is 5.92 Å². The van der Waals surface area contributed by atoms with E-state index in [2.05, 4.69) is 25.2 Å². The van der Waals surface area contributed by atoms with Crippen molar-refractivity contribution >= 4 is 0 Å². The van der Waals surface area contributed by atoms with E-state index in [1.165, 1.54) is 18.4 Å². The predicted molar refractivity (Wildman–Crippen MR) is 56.5 cm³/mol. The van der Waals surface area contributed by atoms with Crippen molar-refractivity contribution in [2.45, 2.75) is 26.2 Å². The fourth-order valence-electron chi connectivity index (χ4n) is 1.47. The summed E-state index contributed by atoms with van der Waals surface area (Å²) in [6, 6.07) is 0. The van der Waals surface area contributed by atoms with Crippen LogP contribution in [0.4, 0.5) is 0 Å². The molecule has 1 aliphatic carbocycles. The highest BCUT2D eigenvalue weighted by Crippen LogP contribution is 2.15. The lowest BCUT2D eigenvalue weighted by atomic mass is 10.0. The van der Waals surface area contributed by atoms with Crippen molar-refractivity contribution in [2.75, 3.05) is 6.61 Å². The first kappa shape index (κ1) is 10.3. The standard InChI is InChI=1S/C12H18O/c1-2-3-6-12(10-13)9-11-7-4-5-8-11/h4-5,7-9,12-13H,2-3,6,10H2,1H3. The van der Waals surface area contributed by atoms with Gasteiger partial charge in [0, 0.05) is 12.5 Å². The van der Waals surface area contributed by atoms with Gasteiger partial charge >= 0.3 is 0 Å². The molecule has 1 atom stereocenters. The van der Waals surface area contributed by atoms with Crippen LogP contribution in [-0.4, -0.2) is 11.7 Å². The lowest BCUT2D eigenvalue weighted by Crippen LogP contribution is -2.02. The third-order valence-electron chi connectivity index (χ3n) is 2.28. The van der Waals surface area contributed by atoms with Crippen molar-refractivity contribution in [1.29, 1.82) is 0 Å². The number of aliphatic hydroxyl groups excluding tert-OH is 1. The van der Waals surface area contributed by atoms with E-state index < -0.39 is 0 Å². The van der Waals surface area contributed by atoms with Gasteiger partial charge in [0.25, 0.3) is 0 Å². The summed E-state index contributed by atoms with van der Waals surface area (Å²) in [5.74, 6) is 0.336. The number of hydrogen-bond donors (Lipinski definition) is 1. The highest BCUT2D eigenvalue weighted by Gasteiger charge is 2.04. The Morgan fingerprint density at radius 1 is 1.38 bits per heavy atom. The van der Waals surface area contributed by atoms with Crippen molar-refractivity contribution in [1.82, 2.24) is 0 Å². The molecule has 1 rings (SSSR count). The Morgan fingerprint density at radius 2 is 2.08 bits per heavy atom. The Kier molecular flexibility index (Phi) is 4.55. The van der Waals surface area contributed by atoms with Gasteiger partial charge in [-0.25, -0.2) is 0 Å². The van der Waals surface area contributed by atoms with E-state index in [1.54, 1.807) is 0 Å². The highest BCUT2D eigenvalue weighted by molar-refractivity contribution is 5.40. The maximum atomic E-state index is 9.12. The minimum Gasteiger partial charge on any atom is -0.396 e. The second kappa shape index (κ2) is 5.76. The average molecular weight is 178 g/mol. The van der Waals surface area contributed by atoms with Crippen LogP contribution in [0.25, 0.3) is 0 Å². The lowest BCUT2D eigenvalue weighted by molar-refractivity contribution is 0.243. The molecule has 0 bridgehead atoms. The Labute approximate surface area is 80.5 Å². The Morgan fingerprint density at radius 3 is 2.62 bits per heavy atom. The van der Waals surface area contributed by atoms with Gasteiger partial charge in [0.15, 0.2) is 0 Å². The Balaban J connectivity index is 2.42. The van der Waals surface area contributed by atoms with E-state index in [4.69, 9.17) is 5.11 Å². The molecule has 72 valence electrons. The molecule has 0 heterocycles. The quantitative estimate of drug-likeness (QED) is 0.686. The van der Waals surface area contributed by atoms with Crippen LogP contribution in [0.2, 0.25) is 0 Å². The maximum absolute atomic E-state index is 9.12. The molecule has 13 heavy (non-hydrogen) atoms. The lowest BCUT2D eigenvalue weighted by Gasteiger charge is -2.08. The zero-order chi connectivity index (χ0) is 9.52. The molecule has 0 amide bonds. The van der Waals surface area contributed by atoms with E-state index in [0.717, 1.165) is 6.42 Å².